The molecule has 1 aromatic heterocycles. The van der Waals surface area contributed by atoms with E-state index >= 15 is 0 Å². The summed E-state index contributed by atoms with van der Waals surface area (Å²) in [5.41, 5.74) is 2.22. The summed E-state index contributed by atoms with van der Waals surface area (Å²) in [6.07, 6.45) is 1.65. The lowest BCUT2D eigenvalue weighted by Gasteiger charge is -2.37. The Morgan fingerprint density at radius 2 is 2.20 bits per heavy atom. The number of hydrazone groups is 1. The van der Waals surface area contributed by atoms with E-state index in [2.05, 4.69) is 36.4 Å². The van der Waals surface area contributed by atoms with Crippen LogP contribution in [0.5, 0.6) is 0 Å². The quantitative estimate of drug-likeness (QED) is 0.507. The van der Waals surface area contributed by atoms with E-state index in [-0.39, 0.29) is 5.82 Å². The van der Waals surface area contributed by atoms with Crippen LogP contribution in [0, 0.1) is 5.82 Å². The third-order valence-electron chi connectivity index (χ3n) is 2.16. The van der Waals surface area contributed by atoms with Gasteiger partial charge in [-0.15, -0.1) is 4.14 Å². The van der Waals surface area contributed by atoms with Crippen molar-refractivity contribution in [2.75, 3.05) is 11.7 Å². The summed E-state index contributed by atoms with van der Waals surface area (Å²) in [6, 6.07) is 2.34. The molecule has 0 aromatic carbocycles. The van der Waals surface area contributed by atoms with Gasteiger partial charge in [-0.2, -0.15) is 24.4 Å². The van der Waals surface area contributed by atoms with Gasteiger partial charge < -0.3 is 4.74 Å². The van der Waals surface area contributed by atoms with E-state index < -0.39 is 24.8 Å². The van der Waals surface area contributed by atoms with E-state index in [9.17, 15) is 17.6 Å². The first kappa shape index (κ1) is 14.9. The molecule has 1 aliphatic rings. The fraction of sp³-hybridized carbons (Fsp3) is 0.333. The lowest BCUT2D eigenvalue weighted by Crippen LogP contribution is -2.62. The van der Waals surface area contributed by atoms with Gasteiger partial charge in [0, 0.05) is 0 Å². The number of halogens is 5. The highest BCUT2D eigenvalue weighted by molar-refractivity contribution is 9.07. The van der Waals surface area contributed by atoms with Gasteiger partial charge in [-0.05, 0) is 12.1 Å². The minimum absolute atomic E-state index is 0.0826. The highest BCUT2D eigenvalue weighted by Gasteiger charge is 2.37. The van der Waals surface area contributed by atoms with Gasteiger partial charge in [0.1, 0.15) is 12.4 Å². The van der Waals surface area contributed by atoms with E-state index in [1.54, 1.807) is 0 Å². The first-order valence-corrected chi connectivity index (χ1v) is 5.90. The molecule has 0 bridgehead atoms. The first-order chi connectivity index (χ1) is 9.39. The lowest BCUT2D eigenvalue weighted by molar-refractivity contribution is -0.151. The molecular weight excluding hydrogens is 350 g/mol. The van der Waals surface area contributed by atoms with Crippen molar-refractivity contribution in [3.8, 4) is 0 Å². The molecule has 0 aliphatic carbocycles. The summed E-state index contributed by atoms with van der Waals surface area (Å²) in [4.78, 5) is 3.70. The van der Waals surface area contributed by atoms with Crippen LogP contribution in [0.1, 0.15) is 0 Å². The number of ether oxygens (including phenoxy) is 1. The summed E-state index contributed by atoms with van der Waals surface area (Å²) in [5, 5.41) is 4.55. The molecule has 2 rings (SSSR count). The van der Waals surface area contributed by atoms with E-state index in [0.29, 0.717) is 0 Å². The molecule has 1 N–H and O–H groups in total. The Morgan fingerprint density at radius 3 is 2.80 bits per heavy atom. The molecule has 0 amide bonds. The van der Waals surface area contributed by atoms with Crippen LogP contribution in [0.25, 0.3) is 0 Å². The zero-order valence-electron chi connectivity index (χ0n) is 9.68. The SMILES string of the molecule is Fc1ccc(N2NC(F)(COC(F)F)C=NN2Br)nc1. The molecule has 20 heavy (non-hydrogen) atoms. The Kier molecular flexibility index (Phi) is 4.40. The molecule has 1 aliphatic heterocycles. The van der Waals surface area contributed by atoms with Crippen molar-refractivity contribution in [2.24, 2.45) is 5.10 Å². The Balaban J connectivity index is 2.14. The summed E-state index contributed by atoms with van der Waals surface area (Å²) in [5.74, 6) is -2.96. The first-order valence-electron chi connectivity index (χ1n) is 5.19. The minimum atomic E-state index is -3.11. The zero-order chi connectivity index (χ0) is 14.8. The van der Waals surface area contributed by atoms with Crippen molar-refractivity contribution >= 4 is 28.2 Å². The van der Waals surface area contributed by atoms with E-state index in [4.69, 9.17) is 0 Å². The van der Waals surface area contributed by atoms with Crippen LogP contribution in [0.2, 0.25) is 0 Å². The Labute approximate surface area is 119 Å². The van der Waals surface area contributed by atoms with Gasteiger partial charge in [-0.25, -0.2) is 13.8 Å². The van der Waals surface area contributed by atoms with Crippen molar-refractivity contribution in [3.63, 3.8) is 0 Å². The molecule has 110 valence electrons. The van der Waals surface area contributed by atoms with Gasteiger partial charge in [-0.1, -0.05) is 0 Å². The predicted octanol–water partition coefficient (Wildman–Crippen LogP) is 1.96. The van der Waals surface area contributed by atoms with Gasteiger partial charge in [0.25, 0.3) is 0 Å². The average Bonchev–Trinajstić information content (AvgIpc) is 2.41. The number of aromatic nitrogens is 1. The van der Waals surface area contributed by atoms with Crippen molar-refractivity contribution in [2.45, 2.75) is 12.4 Å². The standard InChI is InChI=1S/C9H8BrF4N5O/c10-19-16-4-9(14,5-20-8(12)13)17-18(19)7-2-1-6(11)3-15-7/h1-4,8,17H,5H2. The molecule has 0 saturated heterocycles. The highest BCUT2D eigenvalue weighted by atomic mass is 79.9. The molecule has 1 aromatic rings. The van der Waals surface area contributed by atoms with E-state index in [0.717, 1.165) is 27.7 Å². The number of hydrogen-bond donors (Lipinski definition) is 1. The van der Waals surface area contributed by atoms with Crippen LogP contribution in [0.15, 0.2) is 23.4 Å². The molecule has 0 spiro atoms. The van der Waals surface area contributed by atoms with Crippen LogP contribution in [0.4, 0.5) is 23.4 Å². The van der Waals surface area contributed by atoms with Crippen LogP contribution in [-0.2, 0) is 4.74 Å². The van der Waals surface area contributed by atoms with Crippen molar-refractivity contribution in [1.82, 2.24) is 14.6 Å². The molecule has 1 atom stereocenters. The van der Waals surface area contributed by atoms with Crippen molar-refractivity contribution in [3.05, 3.63) is 24.1 Å². The maximum absolute atomic E-state index is 14.2. The fourth-order valence-corrected chi connectivity index (χ4v) is 1.66. The van der Waals surface area contributed by atoms with Crippen LogP contribution >= 0.6 is 16.1 Å². The normalized spacial score (nSPS) is 22.7. The molecule has 6 nitrogen and oxygen atoms in total. The monoisotopic (exact) mass is 357 g/mol. The number of nitrogens with one attached hydrogen (secondary N) is 1. The second-order valence-corrected chi connectivity index (χ2v) is 4.31. The molecule has 1 unspecified atom stereocenters. The second-order valence-electron chi connectivity index (χ2n) is 3.68. The number of rotatable bonds is 4. The molecule has 11 heteroatoms. The maximum Gasteiger partial charge on any atom is 0.345 e. The topological polar surface area (TPSA) is 53.0 Å². The third-order valence-corrected chi connectivity index (χ3v) is 2.66. The Hall–Kier alpha value is -1.46. The van der Waals surface area contributed by atoms with Crippen LogP contribution < -0.4 is 10.5 Å². The third kappa shape index (κ3) is 3.55. The van der Waals surface area contributed by atoms with Gasteiger partial charge in [-0.3, -0.25) is 0 Å². The molecular formula is C9H8BrF4N5O. The number of pyridine rings is 1. The summed E-state index contributed by atoms with van der Waals surface area (Å²) in [7, 11) is 0. The number of nitrogens with zero attached hydrogens (tertiary/aromatic N) is 4. The Bertz CT molecular complexity index is 490. The van der Waals surface area contributed by atoms with Gasteiger partial charge in [0.15, 0.2) is 5.82 Å². The maximum atomic E-state index is 14.2. The van der Waals surface area contributed by atoms with Gasteiger partial charge in [0.2, 0.25) is 5.79 Å². The number of hydrogen-bond acceptors (Lipinski definition) is 6. The molecule has 2 heterocycles. The number of anilines is 1. The van der Waals surface area contributed by atoms with Crippen molar-refractivity contribution in [1.29, 1.82) is 0 Å². The molecule has 0 saturated carbocycles. The van der Waals surface area contributed by atoms with Gasteiger partial charge in [0.05, 0.1) is 28.6 Å². The largest absolute Gasteiger partial charge is 0.345 e. The van der Waals surface area contributed by atoms with E-state index in [1.165, 1.54) is 6.07 Å². The lowest BCUT2D eigenvalue weighted by atomic mass is 10.3. The van der Waals surface area contributed by atoms with Gasteiger partial charge >= 0.3 is 6.61 Å². The van der Waals surface area contributed by atoms with Crippen LogP contribution in [0.3, 0.4) is 0 Å². The molecule has 0 fully saturated rings. The van der Waals surface area contributed by atoms with Crippen molar-refractivity contribution < 1.29 is 22.3 Å². The number of hydrazine groups is 2. The zero-order valence-corrected chi connectivity index (χ0v) is 11.3. The van der Waals surface area contributed by atoms with E-state index in [1.807, 2.05) is 0 Å². The highest BCUT2D eigenvalue weighted by Crippen LogP contribution is 2.22. The fourth-order valence-electron chi connectivity index (χ4n) is 1.33. The average molecular weight is 358 g/mol. The van der Waals surface area contributed by atoms with Crippen LogP contribution in [-0.4, -0.2) is 34.4 Å². The molecule has 0 radical (unpaired) electrons. The predicted molar refractivity (Wildman–Crippen MR) is 64.9 cm³/mol. The second kappa shape index (κ2) is 5.89. The summed E-state index contributed by atoms with van der Waals surface area (Å²) < 4.78 is 55.8. The summed E-state index contributed by atoms with van der Waals surface area (Å²) in [6.45, 7) is -4.08. The smallest absolute Gasteiger partial charge is 0.318 e. The Morgan fingerprint density at radius 1 is 1.45 bits per heavy atom. The summed E-state index contributed by atoms with van der Waals surface area (Å²) >= 11 is 2.95. The number of alkyl halides is 3. The minimum Gasteiger partial charge on any atom is -0.318 e.